The van der Waals surface area contributed by atoms with Crippen LogP contribution in [-0.4, -0.2) is 28.5 Å². The Hall–Kier alpha value is -3.59. The molecule has 10 heteroatoms. The molecular weight excluding hydrogens is 414 g/mol. The smallest absolute Gasteiger partial charge is 0.419 e. The first-order valence-corrected chi connectivity index (χ1v) is 9.31. The van der Waals surface area contributed by atoms with Gasteiger partial charge in [0.15, 0.2) is 11.7 Å². The first kappa shape index (κ1) is 21.1. The molecule has 0 unspecified atom stereocenters. The van der Waals surface area contributed by atoms with E-state index in [9.17, 15) is 19.2 Å². The van der Waals surface area contributed by atoms with Crippen LogP contribution in [-0.2, 0) is 20.9 Å². The summed E-state index contributed by atoms with van der Waals surface area (Å²) in [7, 11) is 0. The Kier molecular flexibility index (Phi) is 6.22. The molecule has 1 heterocycles. The van der Waals surface area contributed by atoms with Crippen molar-refractivity contribution in [2.45, 2.75) is 26.0 Å². The molecule has 9 nitrogen and oxygen atoms in total. The monoisotopic (exact) mass is 431 g/mol. The third kappa shape index (κ3) is 4.87. The quantitative estimate of drug-likeness (QED) is 0.551. The van der Waals surface area contributed by atoms with Gasteiger partial charge < -0.3 is 20.2 Å². The highest BCUT2D eigenvalue weighted by Gasteiger charge is 2.19. The maximum absolute atomic E-state index is 12.2. The number of fused-ring (bicyclic) bond motifs is 1. The van der Waals surface area contributed by atoms with Crippen LogP contribution in [0.25, 0.3) is 11.1 Å². The molecule has 0 spiro atoms. The number of esters is 1. The Bertz CT molecular complexity index is 1170. The Labute approximate surface area is 175 Å². The van der Waals surface area contributed by atoms with E-state index in [2.05, 4.69) is 5.32 Å². The number of benzene rings is 2. The fourth-order valence-corrected chi connectivity index (χ4v) is 2.89. The minimum absolute atomic E-state index is 0.0230. The summed E-state index contributed by atoms with van der Waals surface area (Å²) >= 11 is 5.87. The molecule has 0 fully saturated rings. The van der Waals surface area contributed by atoms with Crippen molar-refractivity contribution in [2.24, 2.45) is 5.73 Å². The second-order valence-corrected chi connectivity index (χ2v) is 6.88. The van der Waals surface area contributed by atoms with Crippen LogP contribution in [0.1, 0.15) is 23.7 Å². The van der Waals surface area contributed by atoms with E-state index < -0.39 is 29.6 Å². The van der Waals surface area contributed by atoms with Crippen LogP contribution in [0.3, 0.4) is 0 Å². The fourth-order valence-electron chi connectivity index (χ4n) is 2.73. The predicted octanol–water partition coefficient (Wildman–Crippen LogP) is 2.31. The van der Waals surface area contributed by atoms with Crippen molar-refractivity contribution in [3.05, 3.63) is 63.6 Å². The number of oxazole rings is 1. The molecule has 2 amide bonds. The van der Waals surface area contributed by atoms with Crippen LogP contribution in [0, 0.1) is 0 Å². The number of nitrogens with two attached hydrogens (primary N) is 1. The summed E-state index contributed by atoms with van der Waals surface area (Å²) in [6.45, 7) is 1.45. The zero-order valence-corrected chi connectivity index (χ0v) is 16.6. The Balaban J connectivity index is 1.55. The van der Waals surface area contributed by atoms with Gasteiger partial charge in [-0.25, -0.2) is 4.79 Å². The first-order chi connectivity index (χ1) is 14.2. The number of aryl methyl sites for hydroxylation is 1. The highest BCUT2D eigenvalue weighted by molar-refractivity contribution is 6.31. The van der Waals surface area contributed by atoms with Crippen LogP contribution in [0.4, 0.5) is 5.69 Å². The van der Waals surface area contributed by atoms with Crippen molar-refractivity contribution in [1.82, 2.24) is 4.57 Å². The van der Waals surface area contributed by atoms with E-state index >= 15 is 0 Å². The Morgan fingerprint density at radius 1 is 1.20 bits per heavy atom. The van der Waals surface area contributed by atoms with E-state index in [-0.39, 0.29) is 13.0 Å². The van der Waals surface area contributed by atoms with E-state index in [1.165, 1.54) is 41.8 Å². The summed E-state index contributed by atoms with van der Waals surface area (Å²) in [6, 6.07) is 10.7. The average molecular weight is 432 g/mol. The summed E-state index contributed by atoms with van der Waals surface area (Å²) < 4.78 is 11.5. The highest BCUT2D eigenvalue weighted by atomic mass is 35.5. The normalized spacial score (nSPS) is 11.8. The molecule has 0 saturated heterocycles. The average Bonchev–Trinajstić information content (AvgIpc) is 3.00. The minimum Gasteiger partial charge on any atom is -0.452 e. The van der Waals surface area contributed by atoms with Crippen molar-refractivity contribution in [3.8, 4) is 0 Å². The van der Waals surface area contributed by atoms with Crippen molar-refractivity contribution >= 4 is 46.2 Å². The molecule has 3 rings (SSSR count). The third-order valence-corrected chi connectivity index (χ3v) is 4.52. The van der Waals surface area contributed by atoms with Gasteiger partial charge in [-0.05, 0) is 43.3 Å². The SMILES string of the molecule is C[C@H](OC(=O)CCn1c(=O)oc2cc(Cl)ccc21)C(=O)Nc1ccc(C(N)=O)cc1. The maximum atomic E-state index is 12.2. The zero-order valence-electron chi connectivity index (χ0n) is 15.9. The summed E-state index contributed by atoms with van der Waals surface area (Å²) in [5, 5.41) is 2.99. The number of hydrogen-bond donors (Lipinski definition) is 2. The summed E-state index contributed by atoms with van der Waals surface area (Å²) in [5.41, 5.74) is 6.70. The van der Waals surface area contributed by atoms with Gasteiger partial charge in [-0.1, -0.05) is 11.6 Å². The van der Waals surface area contributed by atoms with Crippen molar-refractivity contribution < 1.29 is 23.5 Å². The first-order valence-electron chi connectivity index (χ1n) is 8.93. The molecule has 2 aromatic carbocycles. The maximum Gasteiger partial charge on any atom is 0.419 e. The standard InChI is InChI=1S/C20H18ClN3O6/c1-11(19(27)23-14-5-2-12(3-6-14)18(22)26)29-17(25)8-9-24-15-7-4-13(21)10-16(15)30-20(24)28/h2-7,10-11H,8-9H2,1H3,(H2,22,26)(H,23,27)/t11-/m0/s1. The molecule has 0 saturated carbocycles. The van der Waals surface area contributed by atoms with Gasteiger partial charge in [0.1, 0.15) is 0 Å². The van der Waals surface area contributed by atoms with Crippen LogP contribution in [0.5, 0.6) is 0 Å². The number of rotatable bonds is 7. The summed E-state index contributed by atoms with van der Waals surface area (Å²) in [6.07, 6.45) is -1.20. The molecule has 0 bridgehead atoms. The van der Waals surface area contributed by atoms with Gasteiger partial charge in [0, 0.05) is 28.9 Å². The number of nitrogens with zero attached hydrogens (tertiary/aromatic N) is 1. The van der Waals surface area contributed by atoms with Gasteiger partial charge in [0.2, 0.25) is 5.91 Å². The van der Waals surface area contributed by atoms with Gasteiger partial charge >= 0.3 is 11.7 Å². The lowest BCUT2D eigenvalue weighted by atomic mass is 10.2. The minimum atomic E-state index is -1.06. The topological polar surface area (TPSA) is 134 Å². The third-order valence-electron chi connectivity index (χ3n) is 4.28. The molecule has 156 valence electrons. The van der Waals surface area contributed by atoms with E-state index in [4.69, 9.17) is 26.5 Å². The number of anilines is 1. The van der Waals surface area contributed by atoms with Crippen LogP contribution in [0.15, 0.2) is 51.7 Å². The largest absolute Gasteiger partial charge is 0.452 e. The van der Waals surface area contributed by atoms with Crippen molar-refractivity contribution in [3.63, 3.8) is 0 Å². The Morgan fingerprint density at radius 2 is 1.90 bits per heavy atom. The lowest BCUT2D eigenvalue weighted by molar-refractivity contribution is -0.153. The number of carbonyl (C=O) groups is 3. The van der Waals surface area contributed by atoms with Gasteiger partial charge in [-0.15, -0.1) is 0 Å². The number of hydrogen-bond acceptors (Lipinski definition) is 6. The molecular formula is C20H18ClN3O6. The molecule has 1 atom stereocenters. The van der Waals surface area contributed by atoms with Gasteiger partial charge in [0.25, 0.3) is 5.91 Å². The van der Waals surface area contributed by atoms with E-state index in [0.29, 0.717) is 27.4 Å². The molecule has 0 aliphatic carbocycles. The number of halogens is 1. The molecule has 0 aliphatic heterocycles. The van der Waals surface area contributed by atoms with Gasteiger partial charge in [-0.3, -0.25) is 19.0 Å². The molecule has 1 aromatic heterocycles. The van der Waals surface area contributed by atoms with Crippen molar-refractivity contribution in [1.29, 1.82) is 0 Å². The number of primary amides is 1. The Morgan fingerprint density at radius 3 is 2.57 bits per heavy atom. The van der Waals surface area contributed by atoms with Gasteiger partial charge in [0.05, 0.1) is 11.9 Å². The fraction of sp³-hybridized carbons (Fsp3) is 0.200. The van der Waals surface area contributed by atoms with Crippen LogP contribution >= 0.6 is 11.6 Å². The lowest BCUT2D eigenvalue weighted by Crippen LogP contribution is -2.30. The van der Waals surface area contributed by atoms with Crippen LogP contribution < -0.4 is 16.8 Å². The second-order valence-electron chi connectivity index (χ2n) is 6.44. The zero-order chi connectivity index (χ0) is 21.8. The highest BCUT2D eigenvalue weighted by Crippen LogP contribution is 2.18. The molecule has 0 aliphatic rings. The summed E-state index contributed by atoms with van der Waals surface area (Å²) in [4.78, 5) is 47.3. The van der Waals surface area contributed by atoms with Crippen molar-refractivity contribution in [2.75, 3.05) is 5.32 Å². The van der Waals surface area contributed by atoms with E-state index in [0.717, 1.165) is 0 Å². The molecule has 0 radical (unpaired) electrons. The second kappa shape index (κ2) is 8.83. The number of aromatic nitrogens is 1. The van der Waals surface area contributed by atoms with E-state index in [1.54, 1.807) is 12.1 Å². The predicted molar refractivity (Wildman–Crippen MR) is 109 cm³/mol. The number of ether oxygens (including phenoxy) is 1. The number of nitrogens with one attached hydrogen (secondary N) is 1. The lowest BCUT2D eigenvalue weighted by Gasteiger charge is -2.13. The summed E-state index contributed by atoms with van der Waals surface area (Å²) in [5.74, 6) is -2.40. The molecule has 30 heavy (non-hydrogen) atoms. The van der Waals surface area contributed by atoms with Gasteiger partial charge in [-0.2, -0.15) is 0 Å². The van der Waals surface area contributed by atoms with Crippen LogP contribution in [0.2, 0.25) is 5.02 Å². The molecule has 3 N–H and O–H groups in total. The number of amides is 2. The molecule has 3 aromatic rings. The number of carbonyl (C=O) groups excluding carboxylic acids is 3. The van der Waals surface area contributed by atoms with E-state index in [1.807, 2.05) is 0 Å².